The van der Waals surface area contributed by atoms with Crippen molar-refractivity contribution in [1.82, 2.24) is 4.90 Å². The van der Waals surface area contributed by atoms with Gasteiger partial charge in [-0.15, -0.1) is 11.3 Å². The number of anilines is 1. The number of aliphatic carboxylic acids is 1. The van der Waals surface area contributed by atoms with Crippen molar-refractivity contribution in [3.05, 3.63) is 77.4 Å². The summed E-state index contributed by atoms with van der Waals surface area (Å²) < 4.78 is 6.79. The molecule has 4 aromatic rings. The highest BCUT2D eigenvalue weighted by Crippen LogP contribution is 2.41. The quantitative estimate of drug-likeness (QED) is 0.184. The maximum absolute atomic E-state index is 12.3. The summed E-state index contributed by atoms with van der Waals surface area (Å²) in [5.74, 6) is -0.274. The van der Waals surface area contributed by atoms with Gasteiger partial charge in [0.1, 0.15) is 17.5 Å². The number of hydrogen-bond acceptors (Lipinski definition) is 7. The number of carbonyl (C=O) groups is 2. The van der Waals surface area contributed by atoms with E-state index in [1.807, 2.05) is 30.3 Å². The number of nitrogens with zero attached hydrogens (tertiary/aromatic N) is 1. The molecule has 0 saturated carbocycles. The number of hydrogen-bond donors (Lipinski definition) is 4. The number of rotatable bonds is 11. The number of ether oxygens (including phenoxy) is 1. The number of benzene rings is 3. The monoisotopic (exact) mass is 573 g/mol. The number of methoxy groups -OCH3 is 1. The predicted octanol–water partition coefficient (Wildman–Crippen LogP) is 5.60. The van der Waals surface area contributed by atoms with Crippen LogP contribution in [-0.4, -0.2) is 53.2 Å². The number of nitrogens with one attached hydrogen (secondary N) is 1. The minimum absolute atomic E-state index is 0.0272. The Hall–Kier alpha value is -3.92. The van der Waals surface area contributed by atoms with Crippen LogP contribution in [0.1, 0.15) is 42.4 Å². The normalized spacial score (nSPS) is 14.3. The van der Waals surface area contributed by atoms with Crippen molar-refractivity contribution in [2.45, 2.75) is 44.7 Å². The molecule has 1 saturated heterocycles. The minimum Gasteiger partial charge on any atom is -0.508 e. The molecule has 0 aliphatic carbocycles. The zero-order valence-corrected chi connectivity index (χ0v) is 23.9. The molecule has 3 aromatic carbocycles. The molecule has 0 spiro atoms. The van der Waals surface area contributed by atoms with Crippen LogP contribution in [0.25, 0.3) is 20.5 Å². The van der Waals surface area contributed by atoms with E-state index < -0.39 is 12.0 Å². The van der Waals surface area contributed by atoms with Crippen LogP contribution < -0.4 is 15.8 Å². The molecule has 0 unspecified atom stereocenters. The summed E-state index contributed by atoms with van der Waals surface area (Å²) in [7, 11) is 1.72. The first kappa shape index (κ1) is 28.6. The smallest absolute Gasteiger partial charge is 0.320 e. The number of carbonyl (C=O) groups excluding carboxylic acids is 1. The van der Waals surface area contributed by atoms with Crippen molar-refractivity contribution < 1.29 is 24.5 Å². The number of aromatic hydroxyl groups is 1. The number of fused-ring (bicyclic) bond motifs is 1. The molecule has 9 heteroatoms. The molecule has 1 aromatic heterocycles. The lowest BCUT2D eigenvalue weighted by atomic mass is 9.97. The number of carboxylic acids is 1. The lowest BCUT2D eigenvalue weighted by Gasteiger charge is -2.18. The summed E-state index contributed by atoms with van der Waals surface area (Å²) in [6.07, 6.45) is 3.29. The molecular weight excluding hydrogens is 538 g/mol. The molecular formula is C32H35N3O5S. The fraction of sp³-hybridized carbons (Fsp3) is 0.312. The van der Waals surface area contributed by atoms with Crippen molar-refractivity contribution >= 4 is 39.0 Å². The Labute approximate surface area is 243 Å². The summed E-state index contributed by atoms with van der Waals surface area (Å²) in [6.45, 7) is 3.15. The van der Waals surface area contributed by atoms with Gasteiger partial charge in [0.25, 0.3) is 0 Å². The van der Waals surface area contributed by atoms with Gasteiger partial charge >= 0.3 is 5.97 Å². The van der Waals surface area contributed by atoms with Crippen molar-refractivity contribution in [3.8, 4) is 21.9 Å². The van der Waals surface area contributed by atoms with Gasteiger partial charge in [0.05, 0.1) is 7.11 Å². The average molecular weight is 574 g/mol. The van der Waals surface area contributed by atoms with Gasteiger partial charge in [-0.3, -0.25) is 14.5 Å². The summed E-state index contributed by atoms with van der Waals surface area (Å²) in [5, 5.41) is 23.0. The number of nitrogens with two attached hydrogens (primary N) is 1. The molecule has 1 amide bonds. The first-order chi connectivity index (χ1) is 19.8. The number of phenols is 1. The number of phenolic OH excluding ortho intramolecular Hbond substituents is 1. The number of thiophene rings is 1. The van der Waals surface area contributed by atoms with E-state index in [0.29, 0.717) is 12.1 Å². The van der Waals surface area contributed by atoms with Crippen molar-refractivity contribution in [2.24, 2.45) is 5.73 Å². The molecule has 2 heterocycles. The van der Waals surface area contributed by atoms with Crippen molar-refractivity contribution in [2.75, 3.05) is 25.5 Å². The third-order valence-electron chi connectivity index (χ3n) is 7.53. The van der Waals surface area contributed by atoms with Crippen LogP contribution in [0.2, 0.25) is 0 Å². The molecule has 5 rings (SSSR count). The first-order valence-corrected chi connectivity index (χ1v) is 14.6. The third kappa shape index (κ3) is 6.87. The van der Waals surface area contributed by atoms with Crippen LogP contribution in [-0.2, 0) is 22.6 Å². The number of amides is 1. The summed E-state index contributed by atoms with van der Waals surface area (Å²) in [4.78, 5) is 26.7. The Bertz CT molecular complexity index is 1540. The molecule has 5 N–H and O–H groups in total. The topological polar surface area (TPSA) is 125 Å². The maximum atomic E-state index is 12.3. The third-order valence-corrected chi connectivity index (χ3v) is 8.78. The number of likely N-dealkylation sites (tertiary alicyclic amines) is 1. The maximum Gasteiger partial charge on any atom is 0.320 e. The van der Waals surface area contributed by atoms with Crippen LogP contribution in [0.3, 0.4) is 0 Å². The van der Waals surface area contributed by atoms with Crippen molar-refractivity contribution in [1.29, 1.82) is 0 Å². The molecule has 8 nitrogen and oxygen atoms in total. The van der Waals surface area contributed by atoms with Gasteiger partial charge in [-0.1, -0.05) is 24.3 Å². The lowest BCUT2D eigenvalue weighted by Crippen LogP contribution is -2.31. The zero-order chi connectivity index (χ0) is 28.9. The highest BCUT2D eigenvalue weighted by atomic mass is 32.1. The second kappa shape index (κ2) is 12.7. The van der Waals surface area contributed by atoms with Crippen LogP contribution >= 0.6 is 11.3 Å². The van der Waals surface area contributed by atoms with Gasteiger partial charge in [0.15, 0.2) is 0 Å². The molecule has 1 fully saturated rings. The largest absolute Gasteiger partial charge is 0.508 e. The first-order valence-electron chi connectivity index (χ1n) is 13.8. The molecule has 1 aliphatic rings. The van der Waals surface area contributed by atoms with E-state index in [4.69, 9.17) is 15.6 Å². The second-order valence-electron chi connectivity index (χ2n) is 10.5. The van der Waals surface area contributed by atoms with Crippen LogP contribution in [0.15, 0.2) is 60.7 Å². The summed E-state index contributed by atoms with van der Waals surface area (Å²) >= 11 is 1.62. The van der Waals surface area contributed by atoms with Crippen LogP contribution in [0.5, 0.6) is 11.5 Å². The Morgan fingerprint density at radius 3 is 2.54 bits per heavy atom. The molecule has 214 valence electrons. The van der Waals surface area contributed by atoms with Gasteiger partial charge in [-0.25, -0.2) is 0 Å². The zero-order valence-electron chi connectivity index (χ0n) is 23.1. The molecule has 0 radical (unpaired) electrons. The summed E-state index contributed by atoms with van der Waals surface area (Å²) in [6, 6.07) is 18.5. The highest BCUT2D eigenvalue weighted by molar-refractivity contribution is 7.22. The highest BCUT2D eigenvalue weighted by Gasteiger charge is 2.18. The SMILES string of the molecule is COc1cc(Cc2c(-c3ccc(NC(=O)CC[C@H](N)C(=O)O)cc3)sc3cc(O)ccc23)ccc1CN1CCCC1. The van der Waals surface area contributed by atoms with E-state index in [1.165, 1.54) is 24.0 Å². The van der Waals surface area contributed by atoms with E-state index >= 15 is 0 Å². The lowest BCUT2D eigenvalue weighted by molar-refractivity contribution is -0.138. The van der Waals surface area contributed by atoms with Gasteiger partial charge in [0.2, 0.25) is 5.91 Å². The fourth-order valence-electron chi connectivity index (χ4n) is 5.30. The van der Waals surface area contributed by atoms with E-state index in [-0.39, 0.29) is 24.5 Å². The predicted molar refractivity (Wildman–Crippen MR) is 163 cm³/mol. The molecule has 41 heavy (non-hydrogen) atoms. The van der Waals surface area contributed by atoms with Crippen molar-refractivity contribution in [3.63, 3.8) is 0 Å². The van der Waals surface area contributed by atoms with E-state index in [1.54, 1.807) is 30.6 Å². The molecule has 1 aliphatic heterocycles. The average Bonchev–Trinajstić information content (AvgIpc) is 3.60. The standard InChI is InChI=1S/C32H35N3O5S/c1-40-28-17-20(4-5-22(28)19-35-14-2-3-15-35)16-26-25-11-10-24(36)18-29(25)41-31(26)21-6-8-23(9-7-21)34-30(37)13-12-27(33)32(38)39/h4-11,17-18,27,36H,2-3,12-16,19,33H2,1H3,(H,34,37)(H,38,39)/t27-/m0/s1. The van der Waals surface area contributed by atoms with Gasteiger partial charge in [0, 0.05) is 33.8 Å². The number of carboxylic acid groups (broad SMARTS) is 1. The fourth-order valence-corrected chi connectivity index (χ4v) is 6.56. The van der Waals surface area contributed by atoms with Crippen LogP contribution in [0, 0.1) is 0 Å². The Balaban J connectivity index is 1.38. The van der Waals surface area contributed by atoms with E-state index in [0.717, 1.165) is 51.5 Å². The van der Waals surface area contributed by atoms with Crippen LogP contribution in [0.4, 0.5) is 5.69 Å². The van der Waals surface area contributed by atoms with Gasteiger partial charge in [-0.2, -0.15) is 0 Å². The Morgan fingerprint density at radius 2 is 1.83 bits per heavy atom. The minimum atomic E-state index is -1.12. The van der Waals surface area contributed by atoms with E-state index in [2.05, 4.69) is 28.4 Å². The van der Waals surface area contributed by atoms with E-state index in [9.17, 15) is 14.7 Å². The van der Waals surface area contributed by atoms with Gasteiger partial charge in [-0.05, 0) is 97.2 Å². The second-order valence-corrected chi connectivity index (χ2v) is 11.6. The van der Waals surface area contributed by atoms with Gasteiger partial charge < -0.3 is 26.0 Å². The molecule has 0 bridgehead atoms. The summed E-state index contributed by atoms with van der Waals surface area (Å²) in [5.41, 5.74) is 10.6. The molecule has 1 atom stereocenters. The Morgan fingerprint density at radius 1 is 1.07 bits per heavy atom. The Kier molecular flexibility index (Phi) is 8.87.